The molecule has 0 aliphatic rings. The third-order valence-corrected chi connectivity index (χ3v) is 2.41. The Bertz CT molecular complexity index is 462. The average molecular weight is 253 g/mol. The van der Waals surface area contributed by atoms with Gasteiger partial charge in [-0.25, -0.2) is 0 Å². The first-order chi connectivity index (χ1) is 8.45. The molecule has 1 aromatic rings. The van der Waals surface area contributed by atoms with Crippen LogP contribution in [0.2, 0.25) is 0 Å². The number of nitrogens with one attached hydrogen (secondary N) is 2. The molecule has 1 rings (SSSR count). The van der Waals surface area contributed by atoms with E-state index in [4.69, 9.17) is 0 Å². The molecule has 7 heteroatoms. The molecule has 0 aromatic heterocycles. The van der Waals surface area contributed by atoms with E-state index in [1.54, 1.807) is 14.0 Å². The third kappa shape index (κ3) is 3.42. The Kier molecular flexibility index (Phi) is 4.61. The summed E-state index contributed by atoms with van der Waals surface area (Å²) in [5.41, 5.74) is -0.151. The summed E-state index contributed by atoms with van der Waals surface area (Å²) in [5, 5.41) is 25.4. The summed E-state index contributed by atoms with van der Waals surface area (Å²) in [6.45, 7) is 2.18. The second-order valence-corrected chi connectivity index (χ2v) is 3.91. The second kappa shape index (κ2) is 5.97. The van der Waals surface area contributed by atoms with Crippen LogP contribution in [0.4, 0.5) is 11.4 Å². The van der Waals surface area contributed by atoms with Crippen LogP contribution < -0.4 is 10.6 Å². The van der Waals surface area contributed by atoms with E-state index in [0.29, 0.717) is 6.54 Å². The summed E-state index contributed by atoms with van der Waals surface area (Å²) < 4.78 is 0. The standard InChI is InChI=1S/C11H15N3O4/c1-7(6-12-2)11(16)13-9-5-8(14(17)18)3-4-10(9)15/h3-5,7,12,15H,6H2,1-2H3,(H,13,16). The summed E-state index contributed by atoms with van der Waals surface area (Å²) in [7, 11) is 1.72. The largest absolute Gasteiger partial charge is 0.506 e. The van der Waals surface area contributed by atoms with Crippen LogP contribution >= 0.6 is 0 Å². The fourth-order valence-corrected chi connectivity index (χ4v) is 1.39. The Hall–Kier alpha value is -2.15. The van der Waals surface area contributed by atoms with E-state index in [1.807, 2.05) is 0 Å². The number of phenols is 1. The number of carbonyl (C=O) groups excluding carboxylic acids is 1. The number of carbonyl (C=O) groups is 1. The highest BCUT2D eigenvalue weighted by atomic mass is 16.6. The lowest BCUT2D eigenvalue weighted by Gasteiger charge is -2.12. The quantitative estimate of drug-likeness (QED) is 0.414. The molecule has 0 fully saturated rings. The van der Waals surface area contributed by atoms with E-state index in [0.717, 1.165) is 6.07 Å². The summed E-state index contributed by atoms with van der Waals surface area (Å²) >= 11 is 0. The molecule has 0 aliphatic carbocycles. The zero-order valence-electron chi connectivity index (χ0n) is 10.1. The van der Waals surface area contributed by atoms with Crippen LogP contribution in [0, 0.1) is 16.0 Å². The van der Waals surface area contributed by atoms with Gasteiger partial charge in [-0.05, 0) is 13.1 Å². The van der Waals surface area contributed by atoms with Crippen molar-refractivity contribution in [1.82, 2.24) is 5.32 Å². The van der Waals surface area contributed by atoms with Gasteiger partial charge in [-0.3, -0.25) is 14.9 Å². The van der Waals surface area contributed by atoms with Crippen molar-refractivity contribution in [1.29, 1.82) is 0 Å². The van der Waals surface area contributed by atoms with Crippen LogP contribution in [-0.4, -0.2) is 29.5 Å². The number of anilines is 1. The molecule has 0 radical (unpaired) electrons. The number of amides is 1. The molecule has 0 spiro atoms. The van der Waals surface area contributed by atoms with Gasteiger partial charge in [0.25, 0.3) is 5.69 Å². The van der Waals surface area contributed by atoms with E-state index in [2.05, 4.69) is 10.6 Å². The van der Waals surface area contributed by atoms with Crippen molar-refractivity contribution in [3.05, 3.63) is 28.3 Å². The maximum atomic E-state index is 11.7. The number of aromatic hydroxyl groups is 1. The highest BCUT2D eigenvalue weighted by molar-refractivity contribution is 5.94. The van der Waals surface area contributed by atoms with Crippen molar-refractivity contribution >= 4 is 17.3 Å². The van der Waals surface area contributed by atoms with Gasteiger partial charge in [0.05, 0.1) is 10.6 Å². The van der Waals surface area contributed by atoms with Crippen LogP contribution in [0.3, 0.4) is 0 Å². The normalized spacial score (nSPS) is 11.9. The van der Waals surface area contributed by atoms with Gasteiger partial charge in [-0.1, -0.05) is 6.92 Å². The van der Waals surface area contributed by atoms with Gasteiger partial charge < -0.3 is 15.7 Å². The fourth-order valence-electron chi connectivity index (χ4n) is 1.39. The van der Waals surface area contributed by atoms with Crippen molar-refractivity contribution in [3.63, 3.8) is 0 Å². The number of nitro benzene ring substituents is 1. The fraction of sp³-hybridized carbons (Fsp3) is 0.364. The monoisotopic (exact) mass is 253 g/mol. The molecule has 0 bridgehead atoms. The number of hydrogen-bond donors (Lipinski definition) is 3. The first kappa shape index (κ1) is 13.9. The highest BCUT2D eigenvalue weighted by Gasteiger charge is 2.16. The Morgan fingerprint density at radius 1 is 1.56 bits per heavy atom. The smallest absolute Gasteiger partial charge is 0.271 e. The first-order valence-electron chi connectivity index (χ1n) is 5.38. The summed E-state index contributed by atoms with van der Waals surface area (Å²) in [6.07, 6.45) is 0. The van der Waals surface area contributed by atoms with Gasteiger partial charge in [0.1, 0.15) is 5.75 Å². The number of nitro groups is 1. The zero-order valence-corrected chi connectivity index (χ0v) is 10.1. The van der Waals surface area contributed by atoms with Crippen LogP contribution in [-0.2, 0) is 4.79 Å². The number of benzene rings is 1. The molecule has 0 heterocycles. The average Bonchev–Trinajstić information content (AvgIpc) is 2.31. The van der Waals surface area contributed by atoms with Crippen molar-refractivity contribution < 1.29 is 14.8 Å². The number of rotatable bonds is 5. The van der Waals surface area contributed by atoms with Crippen molar-refractivity contribution in [2.75, 3.05) is 18.9 Å². The molecular formula is C11H15N3O4. The van der Waals surface area contributed by atoms with Crippen molar-refractivity contribution in [3.8, 4) is 5.75 Å². The SMILES string of the molecule is CNCC(C)C(=O)Nc1cc([N+](=O)[O-])ccc1O. The van der Waals surface area contributed by atoms with E-state index in [-0.39, 0.29) is 28.9 Å². The predicted octanol–water partition coefficient (Wildman–Crippen LogP) is 1.09. The van der Waals surface area contributed by atoms with Crippen LogP contribution in [0.1, 0.15) is 6.92 Å². The molecule has 1 atom stereocenters. The van der Waals surface area contributed by atoms with E-state index >= 15 is 0 Å². The van der Waals surface area contributed by atoms with Gasteiger partial charge in [0.2, 0.25) is 5.91 Å². The maximum Gasteiger partial charge on any atom is 0.271 e. The minimum absolute atomic E-state index is 0.0390. The maximum absolute atomic E-state index is 11.7. The molecule has 0 saturated carbocycles. The van der Waals surface area contributed by atoms with Crippen LogP contribution in [0.25, 0.3) is 0 Å². The summed E-state index contributed by atoms with van der Waals surface area (Å²) in [6, 6.07) is 3.47. The zero-order chi connectivity index (χ0) is 13.7. The molecule has 1 aromatic carbocycles. The molecule has 7 nitrogen and oxygen atoms in total. The lowest BCUT2D eigenvalue weighted by molar-refractivity contribution is -0.384. The third-order valence-electron chi connectivity index (χ3n) is 2.41. The van der Waals surface area contributed by atoms with Gasteiger partial charge >= 0.3 is 0 Å². The molecular weight excluding hydrogens is 238 g/mol. The predicted molar refractivity (Wildman–Crippen MR) is 66.5 cm³/mol. The second-order valence-electron chi connectivity index (χ2n) is 3.91. The lowest BCUT2D eigenvalue weighted by Crippen LogP contribution is -2.28. The topological polar surface area (TPSA) is 104 Å². The minimum atomic E-state index is -0.591. The van der Waals surface area contributed by atoms with Crippen molar-refractivity contribution in [2.24, 2.45) is 5.92 Å². The number of nitrogens with zero attached hydrogens (tertiary/aromatic N) is 1. The van der Waals surface area contributed by atoms with E-state index in [1.165, 1.54) is 12.1 Å². The first-order valence-corrected chi connectivity index (χ1v) is 5.38. The molecule has 98 valence electrons. The molecule has 0 aliphatic heterocycles. The highest BCUT2D eigenvalue weighted by Crippen LogP contribution is 2.28. The molecule has 1 amide bonds. The summed E-state index contributed by atoms with van der Waals surface area (Å²) in [4.78, 5) is 21.7. The van der Waals surface area contributed by atoms with Gasteiger partial charge in [0, 0.05) is 24.6 Å². The number of phenolic OH excluding ortho intramolecular Hbond substituents is 1. The molecule has 18 heavy (non-hydrogen) atoms. The van der Waals surface area contributed by atoms with Gasteiger partial charge in [0.15, 0.2) is 0 Å². The van der Waals surface area contributed by atoms with E-state index in [9.17, 15) is 20.0 Å². The molecule has 1 unspecified atom stereocenters. The Balaban J connectivity index is 2.86. The number of non-ortho nitro benzene ring substituents is 1. The minimum Gasteiger partial charge on any atom is -0.506 e. The van der Waals surface area contributed by atoms with Gasteiger partial charge in [-0.15, -0.1) is 0 Å². The van der Waals surface area contributed by atoms with Crippen LogP contribution in [0.5, 0.6) is 5.75 Å². The Morgan fingerprint density at radius 3 is 2.78 bits per heavy atom. The molecule has 0 saturated heterocycles. The number of hydrogen-bond acceptors (Lipinski definition) is 5. The summed E-state index contributed by atoms with van der Waals surface area (Å²) in [5.74, 6) is -0.834. The van der Waals surface area contributed by atoms with E-state index < -0.39 is 4.92 Å². The lowest BCUT2D eigenvalue weighted by atomic mass is 10.1. The van der Waals surface area contributed by atoms with Crippen LogP contribution in [0.15, 0.2) is 18.2 Å². The molecule has 3 N–H and O–H groups in total. The Morgan fingerprint density at radius 2 is 2.22 bits per heavy atom. The Labute approximate surface area is 104 Å². The van der Waals surface area contributed by atoms with Gasteiger partial charge in [-0.2, -0.15) is 0 Å². The van der Waals surface area contributed by atoms with Crippen molar-refractivity contribution in [2.45, 2.75) is 6.92 Å².